The summed E-state index contributed by atoms with van der Waals surface area (Å²) in [4.78, 5) is 38.4. The molecule has 0 aromatic rings. The van der Waals surface area contributed by atoms with E-state index in [-0.39, 0.29) is 18.9 Å². The molecule has 0 aromatic carbocycles. The molecular formula is C18H30F3N3O5. The Morgan fingerprint density at radius 3 is 2.14 bits per heavy atom. The quantitative estimate of drug-likeness (QED) is 0.572. The second kappa shape index (κ2) is 10.1. The molecular weight excluding hydrogens is 395 g/mol. The average Bonchev–Trinajstić information content (AvgIpc) is 3.11. The van der Waals surface area contributed by atoms with Gasteiger partial charge in [0.1, 0.15) is 12.1 Å². The van der Waals surface area contributed by atoms with Crippen LogP contribution in [0.5, 0.6) is 0 Å². The van der Waals surface area contributed by atoms with Crippen molar-refractivity contribution in [1.29, 1.82) is 0 Å². The number of rotatable bonds is 7. The topological polar surface area (TPSA) is 108 Å². The summed E-state index contributed by atoms with van der Waals surface area (Å²) in [6.45, 7) is 6.55. The van der Waals surface area contributed by atoms with Crippen molar-refractivity contribution in [2.75, 3.05) is 13.7 Å². The van der Waals surface area contributed by atoms with Crippen molar-refractivity contribution in [3.8, 4) is 0 Å². The molecule has 1 unspecified atom stereocenters. The number of alkyl halides is 3. The van der Waals surface area contributed by atoms with Crippen molar-refractivity contribution in [2.24, 2.45) is 11.8 Å². The van der Waals surface area contributed by atoms with Gasteiger partial charge in [0.15, 0.2) is 6.10 Å². The zero-order chi connectivity index (χ0) is 22.5. The smallest absolute Gasteiger partial charge is 0.416 e. The second-order valence-corrected chi connectivity index (χ2v) is 7.81. The molecule has 0 aromatic heterocycles. The molecule has 1 fully saturated rings. The number of alkyl carbamates (subject to hydrolysis) is 1. The Bertz CT molecular complexity index is 598. The van der Waals surface area contributed by atoms with Crippen LogP contribution in [0.2, 0.25) is 0 Å². The van der Waals surface area contributed by atoms with Gasteiger partial charge in [0, 0.05) is 6.54 Å². The minimum absolute atomic E-state index is 0.233. The third kappa shape index (κ3) is 6.48. The van der Waals surface area contributed by atoms with Crippen LogP contribution in [0.3, 0.4) is 0 Å². The van der Waals surface area contributed by atoms with Crippen LogP contribution in [0.15, 0.2) is 0 Å². The van der Waals surface area contributed by atoms with Gasteiger partial charge in [0.2, 0.25) is 11.8 Å². The van der Waals surface area contributed by atoms with E-state index >= 15 is 0 Å². The van der Waals surface area contributed by atoms with E-state index in [4.69, 9.17) is 0 Å². The first-order valence-corrected chi connectivity index (χ1v) is 9.51. The average molecular weight is 425 g/mol. The highest BCUT2D eigenvalue weighted by atomic mass is 19.4. The van der Waals surface area contributed by atoms with Crippen molar-refractivity contribution >= 4 is 17.9 Å². The van der Waals surface area contributed by atoms with Gasteiger partial charge in [-0.05, 0) is 24.7 Å². The summed E-state index contributed by atoms with van der Waals surface area (Å²) < 4.78 is 43.3. The molecule has 0 bridgehead atoms. The second-order valence-electron chi connectivity index (χ2n) is 7.81. The minimum Gasteiger partial charge on any atom is -0.453 e. The zero-order valence-corrected chi connectivity index (χ0v) is 17.2. The maximum atomic E-state index is 12.9. The highest BCUT2D eigenvalue weighted by Crippen LogP contribution is 2.26. The summed E-state index contributed by atoms with van der Waals surface area (Å²) >= 11 is 0. The van der Waals surface area contributed by atoms with Gasteiger partial charge in [-0.15, -0.1) is 0 Å². The Balaban J connectivity index is 2.97. The SMILES string of the molecule is COC(=O)NC(C(=O)N1CCC[C@H]1C(=O)N[C@H](C(C)C)[C@H](O)C(F)(F)F)C(C)C. The fourth-order valence-electron chi connectivity index (χ4n) is 3.26. The lowest BCUT2D eigenvalue weighted by Crippen LogP contribution is -2.59. The standard InChI is InChI=1S/C18H30F3N3O5/c1-9(2)12(14(25)18(19,20)21)22-15(26)11-7-6-8-24(11)16(27)13(10(3)4)23-17(28)29-5/h9-14,25H,6-8H2,1-5H3,(H,22,26)(H,23,28)/t11-,12+,13?,14-/m0/s1. The first-order chi connectivity index (χ1) is 13.3. The number of nitrogens with zero attached hydrogens (tertiary/aromatic N) is 1. The minimum atomic E-state index is -4.89. The number of likely N-dealkylation sites (tertiary alicyclic amines) is 1. The first kappa shape index (κ1) is 25.0. The molecule has 11 heteroatoms. The number of ether oxygens (including phenoxy) is 1. The number of carbonyl (C=O) groups excluding carboxylic acids is 3. The molecule has 1 heterocycles. The van der Waals surface area contributed by atoms with Crippen LogP contribution in [0, 0.1) is 11.8 Å². The van der Waals surface area contributed by atoms with Crippen molar-refractivity contribution in [1.82, 2.24) is 15.5 Å². The predicted molar refractivity (Wildman–Crippen MR) is 97.7 cm³/mol. The monoisotopic (exact) mass is 425 g/mol. The Labute approximate surface area is 168 Å². The first-order valence-electron chi connectivity index (χ1n) is 9.51. The van der Waals surface area contributed by atoms with Crippen LogP contribution in [-0.4, -0.2) is 72.0 Å². The number of carbonyl (C=O) groups is 3. The number of nitrogens with one attached hydrogen (secondary N) is 2. The van der Waals surface area contributed by atoms with Crippen LogP contribution in [-0.2, 0) is 14.3 Å². The normalized spacial score (nSPS) is 20.4. The van der Waals surface area contributed by atoms with Crippen LogP contribution >= 0.6 is 0 Å². The number of methoxy groups -OCH3 is 1. The fourth-order valence-corrected chi connectivity index (χ4v) is 3.26. The van der Waals surface area contributed by atoms with Gasteiger partial charge < -0.3 is 25.4 Å². The Morgan fingerprint density at radius 2 is 1.69 bits per heavy atom. The number of aliphatic hydroxyl groups is 1. The Kier molecular flexibility index (Phi) is 8.73. The van der Waals surface area contributed by atoms with Crippen LogP contribution in [0.25, 0.3) is 0 Å². The maximum Gasteiger partial charge on any atom is 0.416 e. The molecule has 0 saturated carbocycles. The third-order valence-electron chi connectivity index (χ3n) is 4.93. The van der Waals surface area contributed by atoms with Gasteiger partial charge >= 0.3 is 12.3 Å². The number of amides is 3. The molecule has 1 aliphatic heterocycles. The summed E-state index contributed by atoms with van der Waals surface area (Å²) in [6, 6.07) is -3.48. The van der Waals surface area contributed by atoms with Crippen LogP contribution < -0.4 is 10.6 Å². The van der Waals surface area contributed by atoms with Gasteiger partial charge in [0.05, 0.1) is 13.2 Å². The van der Waals surface area contributed by atoms with Gasteiger partial charge in [-0.25, -0.2) is 4.79 Å². The molecule has 1 rings (SSSR count). The third-order valence-corrected chi connectivity index (χ3v) is 4.93. The number of hydrogen-bond acceptors (Lipinski definition) is 5. The van der Waals surface area contributed by atoms with E-state index in [1.807, 2.05) is 0 Å². The summed E-state index contributed by atoms with van der Waals surface area (Å²) in [5.74, 6) is -2.27. The highest BCUT2D eigenvalue weighted by Gasteiger charge is 2.46. The maximum absolute atomic E-state index is 12.9. The Hall–Kier alpha value is -2.04. The molecule has 29 heavy (non-hydrogen) atoms. The fraction of sp³-hybridized carbons (Fsp3) is 0.833. The number of aliphatic hydroxyl groups excluding tert-OH is 1. The summed E-state index contributed by atoms with van der Waals surface area (Å²) in [6.07, 6.45) is -7.65. The van der Waals surface area contributed by atoms with E-state index in [0.717, 1.165) is 7.11 Å². The molecule has 3 N–H and O–H groups in total. The van der Waals surface area contributed by atoms with E-state index in [9.17, 15) is 32.7 Å². The van der Waals surface area contributed by atoms with E-state index in [1.165, 1.54) is 18.7 Å². The van der Waals surface area contributed by atoms with Crippen molar-refractivity contribution in [3.63, 3.8) is 0 Å². The summed E-state index contributed by atoms with van der Waals surface area (Å²) in [5, 5.41) is 14.3. The van der Waals surface area contributed by atoms with Gasteiger partial charge in [-0.3, -0.25) is 9.59 Å². The molecule has 0 aliphatic carbocycles. The van der Waals surface area contributed by atoms with E-state index in [2.05, 4.69) is 15.4 Å². The molecule has 1 aliphatic rings. The Morgan fingerprint density at radius 1 is 1.10 bits per heavy atom. The molecule has 8 nitrogen and oxygen atoms in total. The summed E-state index contributed by atoms with van der Waals surface area (Å²) in [5.41, 5.74) is 0. The molecule has 0 radical (unpaired) electrons. The van der Waals surface area contributed by atoms with Gasteiger partial charge in [0.25, 0.3) is 0 Å². The van der Waals surface area contributed by atoms with Crippen molar-refractivity contribution in [3.05, 3.63) is 0 Å². The van der Waals surface area contributed by atoms with E-state index < -0.39 is 54.2 Å². The number of hydrogen-bond donors (Lipinski definition) is 3. The molecule has 4 atom stereocenters. The molecule has 168 valence electrons. The number of halogens is 3. The lowest BCUT2D eigenvalue weighted by molar-refractivity contribution is -0.215. The molecule has 1 saturated heterocycles. The summed E-state index contributed by atoms with van der Waals surface area (Å²) in [7, 11) is 1.15. The van der Waals surface area contributed by atoms with Crippen molar-refractivity contribution < 1.29 is 37.4 Å². The van der Waals surface area contributed by atoms with E-state index in [1.54, 1.807) is 13.8 Å². The zero-order valence-electron chi connectivity index (χ0n) is 17.2. The van der Waals surface area contributed by atoms with Crippen molar-refractivity contribution in [2.45, 2.75) is 70.9 Å². The van der Waals surface area contributed by atoms with Gasteiger partial charge in [-0.1, -0.05) is 27.7 Å². The van der Waals surface area contributed by atoms with Crippen LogP contribution in [0.1, 0.15) is 40.5 Å². The predicted octanol–water partition coefficient (Wildman–Crippen LogP) is 1.42. The largest absolute Gasteiger partial charge is 0.453 e. The lowest BCUT2D eigenvalue weighted by Gasteiger charge is -2.33. The van der Waals surface area contributed by atoms with E-state index in [0.29, 0.717) is 6.42 Å². The van der Waals surface area contributed by atoms with Crippen LogP contribution in [0.4, 0.5) is 18.0 Å². The highest BCUT2D eigenvalue weighted by molar-refractivity contribution is 5.92. The molecule has 0 spiro atoms. The lowest BCUT2D eigenvalue weighted by atomic mass is 9.97. The molecule has 3 amide bonds. The van der Waals surface area contributed by atoms with Gasteiger partial charge in [-0.2, -0.15) is 13.2 Å².